The summed E-state index contributed by atoms with van der Waals surface area (Å²) >= 11 is 0. The fourth-order valence-electron chi connectivity index (χ4n) is 3.17. The summed E-state index contributed by atoms with van der Waals surface area (Å²) in [6.45, 7) is 8.40. The van der Waals surface area contributed by atoms with Gasteiger partial charge < -0.3 is 5.32 Å². The minimum absolute atomic E-state index is 0.0680. The maximum absolute atomic E-state index is 12.8. The van der Waals surface area contributed by atoms with E-state index in [4.69, 9.17) is 0 Å². The van der Waals surface area contributed by atoms with Crippen LogP contribution in [0.5, 0.6) is 0 Å². The lowest BCUT2D eigenvalue weighted by atomic mass is 9.86. The predicted molar refractivity (Wildman–Crippen MR) is 125 cm³/mol. The van der Waals surface area contributed by atoms with Crippen LogP contribution < -0.4 is 10.0 Å². The van der Waals surface area contributed by atoms with E-state index in [1.807, 2.05) is 19.1 Å². The van der Waals surface area contributed by atoms with E-state index in [9.17, 15) is 13.2 Å². The van der Waals surface area contributed by atoms with Crippen LogP contribution in [0.25, 0.3) is 0 Å². The first-order valence-electron chi connectivity index (χ1n) is 10.2. The average molecular weight is 437 g/mol. The van der Waals surface area contributed by atoms with E-state index < -0.39 is 10.0 Å². The van der Waals surface area contributed by atoms with Crippen molar-refractivity contribution in [3.8, 4) is 0 Å². The average Bonchev–Trinajstić information content (AvgIpc) is 2.73. The third-order valence-electron chi connectivity index (χ3n) is 5.05. The van der Waals surface area contributed by atoms with E-state index in [1.165, 1.54) is 23.8 Å². The lowest BCUT2D eigenvalue weighted by molar-refractivity contribution is 0.0940. The van der Waals surface area contributed by atoms with Gasteiger partial charge in [-0.25, -0.2) is 8.42 Å². The third kappa shape index (κ3) is 5.73. The van der Waals surface area contributed by atoms with Crippen molar-refractivity contribution in [1.82, 2.24) is 5.32 Å². The Labute approximate surface area is 184 Å². The molecule has 0 aliphatic rings. The molecule has 162 valence electrons. The summed E-state index contributed by atoms with van der Waals surface area (Å²) in [4.78, 5) is 12.9. The Morgan fingerprint density at radius 2 is 1.52 bits per heavy atom. The molecule has 0 saturated carbocycles. The molecule has 0 radical (unpaired) electrons. The van der Waals surface area contributed by atoms with Crippen LogP contribution in [0, 0.1) is 0 Å². The highest BCUT2D eigenvalue weighted by molar-refractivity contribution is 7.92. The molecule has 0 saturated heterocycles. The first-order valence-corrected chi connectivity index (χ1v) is 11.6. The molecule has 3 aromatic carbocycles. The van der Waals surface area contributed by atoms with Crippen molar-refractivity contribution in [2.24, 2.45) is 0 Å². The number of nitrogens with one attached hydrogen (secondary N) is 2. The molecule has 31 heavy (non-hydrogen) atoms. The van der Waals surface area contributed by atoms with Gasteiger partial charge in [-0.2, -0.15) is 0 Å². The molecule has 1 amide bonds. The molecule has 0 fully saturated rings. The van der Waals surface area contributed by atoms with Crippen molar-refractivity contribution in [3.05, 3.63) is 95.6 Å². The minimum atomic E-state index is -3.72. The number of anilines is 1. The number of benzene rings is 3. The zero-order valence-corrected chi connectivity index (χ0v) is 19.0. The standard InChI is InChI=1S/C25H28N2O3S/c1-18(19-13-15-21(16-14-19)25(2,3)4)26-24(28)20-9-8-10-22(17-20)27-31(29,30)23-11-6-5-7-12-23/h5-18,27H,1-4H3,(H,26,28)/t18-/m0/s1. The Morgan fingerprint density at radius 1 is 0.871 bits per heavy atom. The summed E-state index contributed by atoms with van der Waals surface area (Å²) in [7, 11) is -3.72. The summed E-state index contributed by atoms with van der Waals surface area (Å²) in [5, 5.41) is 2.98. The SMILES string of the molecule is C[C@H](NC(=O)c1cccc(NS(=O)(=O)c2ccccc2)c1)c1ccc(C(C)(C)C)cc1. The van der Waals surface area contributed by atoms with Crippen molar-refractivity contribution >= 4 is 21.6 Å². The molecule has 5 nitrogen and oxygen atoms in total. The fourth-order valence-corrected chi connectivity index (χ4v) is 4.24. The molecule has 0 bridgehead atoms. The predicted octanol–water partition coefficient (Wildman–Crippen LogP) is 5.28. The Kier molecular flexibility index (Phi) is 6.51. The van der Waals surface area contributed by atoms with Gasteiger partial charge in [0.15, 0.2) is 0 Å². The first-order chi connectivity index (χ1) is 14.6. The van der Waals surface area contributed by atoms with E-state index in [-0.39, 0.29) is 22.3 Å². The maximum atomic E-state index is 12.8. The summed E-state index contributed by atoms with van der Waals surface area (Å²) < 4.78 is 27.6. The monoisotopic (exact) mass is 436 g/mol. The number of amides is 1. The quantitative estimate of drug-likeness (QED) is 0.552. The Hall–Kier alpha value is -3.12. The second kappa shape index (κ2) is 8.94. The topological polar surface area (TPSA) is 75.3 Å². The van der Waals surface area contributed by atoms with Gasteiger partial charge in [0, 0.05) is 11.3 Å². The van der Waals surface area contributed by atoms with Crippen molar-refractivity contribution in [3.63, 3.8) is 0 Å². The zero-order chi connectivity index (χ0) is 22.6. The van der Waals surface area contributed by atoms with Gasteiger partial charge in [0.05, 0.1) is 10.9 Å². The summed E-state index contributed by atoms with van der Waals surface area (Å²) in [5.41, 5.74) is 3.01. The maximum Gasteiger partial charge on any atom is 0.261 e. The lowest BCUT2D eigenvalue weighted by Crippen LogP contribution is -2.27. The largest absolute Gasteiger partial charge is 0.346 e. The lowest BCUT2D eigenvalue weighted by Gasteiger charge is -2.21. The third-order valence-corrected chi connectivity index (χ3v) is 6.45. The van der Waals surface area contributed by atoms with Crippen molar-refractivity contribution in [2.45, 2.75) is 44.0 Å². The number of carbonyl (C=O) groups excluding carboxylic acids is 1. The van der Waals surface area contributed by atoms with Gasteiger partial charge in [0.2, 0.25) is 0 Å². The van der Waals surface area contributed by atoms with Gasteiger partial charge in [-0.15, -0.1) is 0 Å². The van der Waals surface area contributed by atoms with E-state index in [0.717, 1.165) is 5.56 Å². The molecule has 3 rings (SSSR count). The highest BCUT2D eigenvalue weighted by Crippen LogP contribution is 2.24. The van der Waals surface area contributed by atoms with Crippen molar-refractivity contribution in [1.29, 1.82) is 0 Å². The molecule has 0 aliphatic carbocycles. The number of sulfonamides is 1. The van der Waals surface area contributed by atoms with Crippen LogP contribution in [0.4, 0.5) is 5.69 Å². The number of hydrogen-bond acceptors (Lipinski definition) is 3. The second-order valence-corrected chi connectivity index (χ2v) is 10.2. The van der Waals surface area contributed by atoms with E-state index in [0.29, 0.717) is 11.3 Å². The van der Waals surface area contributed by atoms with E-state index in [1.54, 1.807) is 36.4 Å². The molecule has 0 aromatic heterocycles. The zero-order valence-electron chi connectivity index (χ0n) is 18.2. The van der Waals surface area contributed by atoms with Gasteiger partial charge in [-0.3, -0.25) is 9.52 Å². The Morgan fingerprint density at radius 3 is 2.13 bits per heavy atom. The second-order valence-electron chi connectivity index (χ2n) is 8.57. The van der Waals surface area contributed by atoms with Crippen LogP contribution in [0.15, 0.2) is 83.8 Å². The number of rotatable bonds is 6. The summed E-state index contributed by atoms with van der Waals surface area (Å²) in [5.74, 6) is -0.270. The molecule has 1 atom stereocenters. The molecule has 0 aliphatic heterocycles. The van der Waals surface area contributed by atoms with Crippen LogP contribution in [0.2, 0.25) is 0 Å². The van der Waals surface area contributed by atoms with Gasteiger partial charge in [-0.1, -0.05) is 69.3 Å². The van der Waals surface area contributed by atoms with Gasteiger partial charge in [0.1, 0.15) is 0 Å². The van der Waals surface area contributed by atoms with Crippen LogP contribution in [0.1, 0.15) is 55.2 Å². The molecular formula is C25H28N2O3S. The minimum Gasteiger partial charge on any atom is -0.346 e. The van der Waals surface area contributed by atoms with Crippen LogP contribution in [0.3, 0.4) is 0 Å². The van der Waals surface area contributed by atoms with Crippen LogP contribution in [-0.4, -0.2) is 14.3 Å². The molecular weight excluding hydrogens is 408 g/mol. The first kappa shape index (κ1) is 22.6. The molecule has 3 aromatic rings. The fraction of sp³-hybridized carbons (Fsp3) is 0.240. The Balaban J connectivity index is 1.71. The van der Waals surface area contributed by atoms with Crippen molar-refractivity contribution < 1.29 is 13.2 Å². The molecule has 0 heterocycles. The van der Waals surface area contributed by atoms with Gasteiger partial charge in [-0.05, 0) is 53.8 Å². The van der Waals surface area contributed by atoms with Gasteiger partial charge in [0.25, 0.3) is 15.9 Å². The Bertz CT molecular complexity index is 1150. The van der Waals surface area contributed by atoms with E-state index >= 15 is 0 Å². The van der Waals surface area contributed by atoms with Gasteiger partial charge >= 0.3 is 0 Å². The van der Waals surface area contributed by atoms with Crippen molar-refractivity contribution in [2.75, 3.05) is 4.72 Å². The number of hydrogen-bond donors (Lipinski definition) is 2. The highest BCUT2D eigenvalue weighted by Gasteiger charge is 2.17. The highest BCUT2D eigenvalue weighted by atomic mass is 32.2. The molecule has 2 N–H and O–H groups in total. The van der Waals surface area contributed by atoms with E-state index in [2.05, 4.69) is 42.9 Å². The normalized spacial score (nSPS) is 12.8. The van der Waals surface area contributed by atoms with Crippen LogP contribution >= 0.6 is 0 Å². The summed E-state index contributed by atoms with van der Waals surface area (Å²) in [6.07, 6.45) is 0. The summed E-state index contributed by atoms with van der Waals surface area (Å²) in [6, 6.07) is 22.6. The molecule has 0 spiro atoms. The smallest absolute Gasteiger partial charge is 0.261 e. The molecule has 0 unspecified atom stereocenters. The molecule has 6 heteroatoms. The van der Waals surface area contributed by atoms with Crippen LogP contribution in [-0.2, 0) is 15.4 Å². The number of carbonyl (C=O) groups is 1.